The van der Waals surface area contributed by atoms with Crippen molar-refractivity contribution in [3.05, 3.63) is 29.8 Å². The van der Waals surface area contributed by atoms with Crippen molar-refractivity contribution in [2.45, 2.75) is 45.2 Å². The second kappa shape index (κ2) is 13.2. The van der Waals surface area contributed by atoms with Crippen LogP contribution in [0.2, 0.25) is 0 Å². The number of likely N-dealkylation sites (tertiary alicyclic amines) is 1. The van der Waals surface area contributed by atoms with Crippen LogP contribution in [0.1, 0.15) is 38.7 Å². The molecule has 0 aromatic heterocycles. The molecule has 0 bridgehead atoms. The molecule has 0 atom stereocenters. The van der Waals surface area contributed by atoms with Crippen LogP contribution in [-0.4, -0.2) is 63.4 Å². The van der Waals surface area contributed by atoms with Crippen LogP contribution in [0.3, 0.4) is 0 Å². The van der Waals surface area contributed by atoms with Crippen LogP contribution in [-0.2, 0) is 11.3 Å². The Balaban J connectivity index is 0.00000392. The molecule has 0 saturated carbocycles. The third-order valence-electron chi connectivity index (χ3n) is 5.06. The van der Waals surface area contributed by atoms with Gasteiger partial charge in [-0.2, -0.15) is 0 Å². The number of benzene rings is 1. The summed E-state index contributed by atoms with van der Waals surface area (Å²) in [6.45, 7) is 9.76. The van der Waals surface area contributed by atoms with Crippen LogP contribution >= 0.6 is 24.0 Å². The average Bonchev–Trinajstić information content (AvgIpc) is 2.70. The molecule has 2 N–H and O–H groups in total. The third-order valence-corrected chi connectivity index (χ3v) is 5.06. The number of guanidine groups is 1. The van der Waals surface area contributed by atoms with Gasteiger partial charge in [-0.05, 0) is 57.5 Å². The number of nitrogens with zero attached hydrogens (tertiary/aromatic N) is 2. The number of hydrogen-bond donors (Lipinski definition) is 2. The lowest BCUT2D eigenvalue weighted by molar-refractivity contribution is 0.0982. The van der Waals surface area contributed by atoms with Gasteiger partial charge in [-0.1, -0.05) is 18.6 Å². The summed E-state index contributed by atoms with van der Waals surface area (Å²) in [7, 11) is 3.49. The van der Waals surface area contributed by atoms with Crippen molar-refractivity contribution in [3.8, 4) is 5.75 Å². The van der Waals surface area contributed by atoms with Gasteiger partial charge < -0.3 is 20.1 Å². The summed E-state index contributed by atoms with van der Waals surface area (Å²) in [4.78, 5) is 6.94. The van der Waals surface area contributed by atoms with E-state index in [9.17, 15) is 0 Å². The molecule has 1 aromatic carbocycles. The average molecular weight is 504 g/mol. The summed E-state index contributed by atoms with van der Waals surface area (Å²) in [6.07, 6.45) is 3.97. The Hall–Kier alpha value is -1.06. The minimum absolute atomic E-state index is 0. The number of nitrogens with one attached hydrogen (secondary N) is 2. The maximum Gasteiger partial charge on any atom is 0.191 e. The summed E-state index contributed by atoms with van der Waals surface area (Å²) in [5, 5.41) is 6.87. The fourth-order valence-electron chi connectivity index (χ4n) is 3.26. The molecule has 2 rings (SSSR count). The van der Waals surface area contributed by atoms with Gasteiger partial charge in [0.25, 0.3) is 0 Å². The van der Waals surface area contributed by atoms with E-state index in [4.69, 9.17) is 9.47 Å². The molecular formula is C21H37IN4O2. The molecule has 28 heavy (non-hydrogen) atoms. The molecule has 0 spiro atoms. The molecule has 1 heterocycles. The molecule has 1 aromatic rings. The third kappa shape index (κ3) is 8.53. The number of methoxy groups -OCH3 is 1. The van der Waals surface area contributed by atoms with E-state index >= 15 is 0 Å². The van der Waals surface area contributed by atoms with E-state index in [0.717, 1.165) is 24.8 Å². The molecule has 7 heteroatoms. The first-order chi connectivity index (χ1) is 13.0. The zero-order chi connectivity index (χ0) is 19.5. The monoisotopic (exact) mass is 504 g/mol. The number of halogens is 1. The fraction of sp³-hybridized carbons (Fsp3) is 0.667. The maximum atomic E-state index is 5.60. The topological polar surface area (TPSA) is 58.1 Å². The van der Waals surface area contributed by atoms with Crippen molar-refractivity contribution in [1.29, 1.82) is 0 Å². The van der Waals surface area contributed by atoms with Crippen molar-refractivity contribution in [2.75, 3.05) is 47.0 Å². The van der Waals surface area contributed by atoms with Crippen LogP contribution in [0.25, 0.3) is 0 Å². The SMILES string of the molecule is CN=C(NCc1ccc(OCCOC)cc1)NCC(C)(C)N1CCCCC1.I. The van der Waals surface area contributed by atoms with Gasteiger partial charge in [-0.15, -0.1) is 24.0 Å². The first-order valence-corrected chi connectivity index (χ1v) is 9.95. The van der Waals surface area contributed by atoms with Crippen LogP contribution in [0.4, 0.5) is 0 Å². The highest BCUT2D eigenvalue weighted by atomic mass is 127. The van der Waals surface area contributed by atoms with Gasteiger partial charge in [-0.3, -0.25) is 9.89 Å². The van der Waals surface area contributed by atoms with E-state index in [2.05, 4.69) is 46.5 Å². The van der Waals surface area contributed by atoms with Crippen molar-refractivity contribution < 1.29 is 9.47 Å². The van der Waals surface area contributed by atoms with E-state index in [-0.39, 0.29) is 29.5 Å². The molecule has 160 valence electrons. The predicted octanol–water partition coefficient (Wildman–Crippen LogP) is 3.26. The number of hydrogen-bond acceptors (Lipinski definition) is 4. The molecule has 1 saturated heterocycles. The molecule has 1 fully saturated rings. The molecule has 1 aliphatic rings. The summed E-state index contributed by atoms with van der Waals surface area (Å²) in [6, 6.07) is 8.12. The van der Waals surface area contributed by atoms with Crippen LogP contribution in [0, 0.1) is 0 Å². The van der Waals surface area contributed by atoms with Crippen LogP contribution < -0.4 is 15.4 Å². The van der Waals surface area contributed by atoms with Gasteiger partial charge in [0.2, 0.25) is 0 Å². The summed E-state index contributed by atoms with van der Waals surface area (Å²) >= 11 is 0. The minimum Gasteiger partial charge on any atom is -0.491 e. The second-order valence-corrected chi connectivity index (χ2v) is 7.62. The Morgan fingerprint density at radius 3 is 2.36 bits per heavy atom. The lowest BCUT2D eigenvalue weighted by Crippen LogP contribution is -2.54. The normalized spacial score (nSPS) is 15.6. The first kappa shape index (κ1) is 25.0. The van der Waals surface area contributed by atoms with Crippen molar-refractivity contribution in [1.82, 2.24) is 15.5 Å². The molecule has 0 aliphatic carbocycles. The Kier molecular flexibility index (Phi) is 11.8. The highest BCUT2D eigenvalue weighted by Gasteiger charge is 2.27. The largest absolute Gasteiger partial charge is 0.491 e. The van der Waals surface area contributed by atoms with Crippen molar-refractivity contribution in [3.63, 3.8) is 0 Å². The standard InChI is InChI=1S/C21H36N4O2.HI/c1-21(2,25-12-6-5-7-13-25)17-24-20(22-3)23-16-18-8-10-19(11-9-18)27-15-14-26-4;/h8-11H,5-7,12-17H2,1-4H3,(H2,22,23,24);1H. The molecule has 0 unspecified atom stereocenters. The highest BCUT2D eigenvalue weighted by molar-refractivity contribution is 14.0. The summed E-state index contributed by atoms with van der Waals surface area (Å²) in [5.41, 5.74) is 1.31. The smallest absolute Gasteiger partial charge is 0.191 e. The van der Waals surface area contributed by atoms with Gasteiger partial charge in [0, 0.05) is 32.8 Å². The fourth-order valence-corrected chi connectivity index (χ4v) is 3.26. The minimum atomic E-state index is 0. The number of ether oxygens (including phenoxy) is 2. The van der Waals surface area contributed by atoms with E-state index in [1.54, 1.807) is 7.11 Å². The number of rotatable bonds is 9. The lowest BCUT2D eigenvalue weighted by atomic mass is 9.98. The molecule has 0 amide bonds. The molecule has 0 radical (unpaired) electrons. The van der Waals surface area contributed by atoms with E-state index in [1.165, 1.54) is 37.9 Å². The molecular weight excluding hydrogens is 467 g/mol. The number of aliphatic imine (C=N–C) groups is 1. The first-order valence-electron chi connectivity index (χ1n) is 9.95. The maximum absolute atomic E-state index is 5.60. The Morgan fingerprint density at radius 1 is 1.07 bits per heavy atom. The van der Waals surface area contributed by atoms with Gasteiger partial charge in [-0.25, -0.2) is 0 Å². The molecule has 1 aliphatic heterocycles. The zero-order valence-corrected chi connectivity index (χ0v) is 20.1. The van der Waals surface area contributed by atoms with Crippen molar-refractivity contribution >= 4 is 29.9 Å². The number of piperidine rings is 1. The summed E-state index contributed by atoms with van der Waals surface area (Å²) in [5.74, 6) is 1.70. The van der Waals surface area contributed by atoms with Gasteiger partial charge >= 0.3 is 0 Å². The van der Waals surface area contributed by atoms with Crippen molar-refractivity contribution in [2.24, 2.45) is 4.99 Å². The van der Waals surface area contributed by atoms with Crippen LogP contribution in [0.15, 0.2) is 29.3 Å². The zero-order valence-electron chi connectivity index (χ0n) is 17.8. The van der Waals surface area contributed by atoms with E-state index < -0.39 is 0 Å². The van der Waals surface area contributed by atoms with E-state index in [1.807, 2.05) is 19.2 Å². The Labute approximate surface area is 187 Å². The highest BCUT2D eigenvalue weighted by Crippen LogP contribution is 2.19. The van der Waals surface area contributed by atoms with E-state index in [0.29, 0.717) is 13.2 Å². The van der Waals surface area contributed by atoms with Gasteiger partial charge in [0.15, 0.2) is 5.96 Å². The van der Waals surface area contributed by atoms with Gasteiger partial charge in [0.05, 0.1) is 6.61 Å². The Bertz CT molecular complexity index is 572. The lowest BCUT2D eigenvalue weighted by Gasteiger charge is -2.41. The van der Waals surface area contributed by atoms with Crippen LogP contribution in [0.5, 0.6) is 5.75 Å². The quantitative estimate of drug-likeness (QED) is 0.234. The Morgan fingerprint density at radius 2 is 1.75 bits per heavy atom. The summed E-state index contributed by atoms with van der Waals surface area (Å²) < 4.78 is 10.6. The molecule has 6 nitrogen and oxygen atoms in total. The predicted molar refractivity (Wildman–Crippen MR) is 127 cm³/mol. The second-order valence-electron chi connectivity index (χ2n) is 7.62. The van der Waals surface area contributed by atoms with Gasteiger partial charge in [0.1, 0.15) is 12.4 Å².